The van der Waals surface area contributed by atoms with Crippen LogP contribution in [0.1, 0.15) is 26.3 Å². The Hall–Kier alpha value is -3.56. The Balaban J connectivity index is 1.50. The minimum Gasteiger partial charge on any atom is -0.351 e. The van der Waals surface area contributed by atoms with Crippen LogP contribution in [0.3, 0.4) is 0 Å². The van der Waals surface area contributed by atoms with Gasteiger partial charge in [0, 0.05) is 49.0 Å². The van der Waals surface area contributed by atoms with Crippen LogP contribution in [0.15, 0.2) is 66.0 Å². The van der Waals surface area contributed by atoms with Gasteiger partial charge in [-0.05, 0) is 36.8 Å². The maximum atomic E-state index is 15.4. The number of anilines is 3. The van der Waals surface area contributed by atoms with Crippen molar-refractivity contribution in [2.75, 3.05) is 22.1 Å². The smallest absolute Gasteiger partial charge is 0.257 e. The van der Waals surface area contributed by atoms with Crippen molar-refractivity contribution in [1.29, 1.82) is 0 Å². The molecule has 0 saturated carbocycles. The number of halogens is 1. The molecule has 1 fully saturated rings. The number of fused-ring (bicyclic) bond motifs is 1. The number of nitrogens with one attached hydrogen (secondary N) is 3. The highest BCUT2D eigenvalue weighted by Crippen LogP contribution is 2.33. The fourth-order valence-corrected chi connectivity index (χ4v) is 5.81. The van der Waals surface area contributed by atoms with E-state index < -0.39 is 28.4 Å². The average molecular weight is 508 g/mol. The van der Waals surface area contributed by atoms with Crippen molar-refractivity contribution in [2.45, 2.75) is 13.0 Å². The molecule has 1 aromatic heterocycles. The Morgan fingerprint density at radius 2 is 1.74 bits per heavy atom. The summed E-state index contributed by atoms with van der Waals surface area (Å²) in [6.07, 6.45) is 0. The molecule has 178 valence electrons. The van der Waals surface area contributed by atoms with Crippen molar-refractivity contribution >= 4 is 61.1 Å². The fourth-order valence-electron chi connectivity index (χ4n) is 3.91. The summed E-state index contributed by atoms with van der Waals surface area (Å²) in [5.41, 5.74) is 2.33. The van der Waals surface area contributed by atoms with E-state index >= 15 is 4.39 Å². The van der Waals surface area contributed by atoms with Gasteiger partial charge in [-0.3, -0.25) is 13.8 Å². The van der Waals surface area contributed by atoms with Crippen molar-refractivity contribution < 1.29 is 18.2 Å². The standard InChI is InChI=1S/C26H22FN3O3S2/c1-15-6-2-4-8-21(15)29-24-20(27)10-16(25(31)28-17-13-35(33)14-17)11-22(24)30-26(32)19-12-34-23-9-5-3-7-18(19)23/h2-12,17,29H,13-14H2,1H3,(H,28,31)(H,30,32). The van der Waals surface area contributed by atoms with Crippen LogP contribution in [0.4, 0.5) is 21.5 Å². The molecule has 2 amide bonds. The first-order valence-electron chi connectivity index (χ1n) is 11.0. The lowest BCUT2D eigenvalue weighted by Gasteiger charge is -2.26. The minimum absolute atomic E-state index is 0.0634. The van der Waals surface area contributed by atoms with E-state index in [1.807, 2.05) is 55.5 Å². The lowest BCUT2D eigenvalue weighted by Crippen LogP contribution is -2.50. The zero-order chi connectivity index (χ0) is 24.5. The van der Waals surface area contributed by atoms with E-state index in [1.165, 1.54) is 17.4 Å². The van der Waals surface area contributed by atoms with Crippen LogP contribution in [-0.2, 0) is 10.8 Å². The van der Waals surface area contributed by atoms with Crippen molar-refractivity contribution in [2.24, 2.45) is 0 Å². The molecule has 3 aromatic carbocycles. The van der Waals surface area contributed by atoms with Crippen LogP contribution in [0.2, 0.25) is 0 Å². The van der Waals surface area contributed by atoms with Crippen LogP contribution in [0.5, 0.6) is 0 Å². The molecule has 2 heterocycles. The monoisotopic (exact) mass is 507 g/mol. The number of para-hydroxylation sites is 1. The number of amides is 2. The minimum atomic E-state index is -0.924. The van der Waals surface area contributed by atoms with E-state index in [1.54, 1.807) is 5.38 Å². The predicted molar refractivity (Wildman–Crippen MR) is 140 cm³/mol. The highest BCUT2D eigenvalue weighted by Gasteiger charge is 2.28. The third kappa shape index (κ3) is 4.82. The molecule has 0 spiro atoms. The van der Waals surface area contributed by atoms with Gasteiger partial charge < -0.3 is 16.0 Å². The molecule has 6 nitrogen and oxygen atoms in total. The SMILES string of the molecule is Cc1ccccc1Nc1c(F)cc(C(=O)NC2CS(=O)C2)cc1NC(=O)c1csc2ccccc12. The lowest BCUT2D eigenvalue weighted by atomic mass is 10.1. The average Bonchev–Trinajstić information content (AvgIpc) is 3.25. The van der Waals surface area contributed by atoms with Gasteiger partial charge in [0.05, 0.1) is 23.0 Å². The summed E-state index contributed by atoms with van der Waals surface area (Å²) in [4.78, 5) is 26.0. The maximum absolute atomic E-state index is 15.4. The molecule has 4 aromatic rings. The first-order chi connectivity index (χ1) is 16.9. The van der Waals surface area contributed by atoms with E-state index in [0.29, 0.717) is 22.8 Å². The van der Waals surface area contributed by atoms with Gasteiger partial charge in [0.1, 0.15) is 5.82 Å². The number of thiophene rings is 1. The molecule has 1 aliphatic rings. The van der Waals surface area contributed by atoms with Gasteiger partial charge in [0.25, 0.3) is 11.8 Å². The number of carbonyl (C=O) groups is 2. The van der Waals surface area contributed by atoms with Gasteiger partial charge in [-0.25, -0.2) is 4.39 Å². The second-order valence-corrected chi connectivity index (χ2v) is 10.8. The van der Waals surface area contributed by atoms with E-state index in [0.717, 1.165) is 21.7 Å². The molecule has 0 bridgehead atoms. The first kappa shape index (κ1) is 23.2. The summed E-state index contributed by atoms with van der Waals surface area (Å²) in [5.74, 6) is -0.791. The summed E-state index contributed by atoms with van der Waals surface area (Å²) >= 11 is 1.45. The zero-order valence-corrected chi connectivity index (χ0v) is 20.4. The molecular formula is C26H22FN3O3S2. The number of aryl methyl sites for hydroxylation is 1. The molecule has 0 unspecified atom stereocenters. The molecule has 1 aliphatic heterocycles. The largest absolute Gasteiger partial charge is 0.351 e. The van der Waals surface area contributed by atoms with Gasteiger partial charge in [-0.2, -0.15) is 0 Å². The Morgan fingerprint density at radius 3 is 2.51 bits per heavy atom. The second-order valence-electron chi connectivity index (χ2n) is 8.36. The normalized spacial score (nSPS) is 17.0. The maximum Gasteiger partial charge on any atom is 0.257 e. The highest BCUT2D eigenvalue weighted by molar-refractivity contribution is 7.86. The van der Waals surface area contributed by atoms with Gasteiger partial charge in [-0.1, -0.05) is 36.4 Å². The van der Waals surface area contributed by atoms with Crippen molar-refractivity contribution in [1.82, 2.24) is 5.32 Å². The van der Waals surface area contributed by atoms with Gasteiger partial charge in [-0.15, -0.1) is 11.3 Å². The lowest BCUT2D eigenvalue weighted by molar-refractivity contribution is 0.0940. The Bertz CT molecular complexity index is 1480. The number of rotatable bonds is 6. The summed E-state index contributed by atoms with van der Waals surface area (Å²) in [5, 5.41) is 11.2. The third-order valence-corrected chi connectivity index (χ3v) is 8.35. The van der Waals surface area contributed by atoms with Crippen LogP contribution in [0, 0.1) is 12.7 Å². The molecule has 0 atom stereocenters. The number of benzene rings is 3. The molecule has 0 aliphatic carbocycles. The molecular weight excluding hydrogens is 485 g/mol. The van der Waals surface area contributed by atoms with Crippen LogP contribution >= 0.6 is 11.3 Å². The zero-order valence-electron chi connectivity index (χ0n) is 18.8. The predicted octanol–water partition coefficient (Wildman–Crippen LogP) is 5.21. The van der Waals surface area contributed by atoms with E-state index in [-0.39, 0.29) is 23.0 Å². The molecule has 1 saturated heterocycles. The van der Waals surface area contributed by atoms with E-state index in [9.17, 15) is 13.8 Å². The van der Waals surface area contributed by atoms with Crippen molar-refractivity contribution in [3.8, 4) is 0 Å². The first-order valence-corrected chi connectivity index (χ1v) is 13.4. The molecule has 5 rings (SSSR count). The molecule has 3 N–H and O–H groups in total. The number of hydrogen-bond donors (Lipinski definition) is 3. The number of hydrogen-bond acceptors (Lipinski definition) is 5. The summed E-state index contributed by atoms with van der Waals surface area (Å²) in [6.45, 7) is 1.89. The third-order valence-electron chi connectivity index (χ3n) is 5.84. The summed E-state index contributed by atoms with van der Waals surface area (Å²) < 4.78 is 27.7. The highest BCUT2D eigenvalue weighted by atomic mass is 32.2. The van der Waals surface area contributed by atoms with Gasteiger partial charge >= 0.3 is 0 Å². The van der Waals surface area contributed by atoms with Crippen LogP contribution in [0.25, 0.3) is 10.1 Å². The summed E-state index contributed by atoms with van der Waals surface area (Å²) in [6, 6.07) is 17.4. The molecule has 9 heteroatoms. The van der Waals surface area contributed by atoms with E-state index in [2.05, 4.69) is 16.0 Å². The Kier molecular flexibility index (Phi) is 6.36. The second kappa shape index (κ2) is 9.59. The van der Waals surface area contributed by atoms with E-state index in [4.69, 9.17) is 0 Å². The van der Waals surface area contributed by atoms with Gasteiger partial charge in [0.2, 0.25) is 0 Å². The van der Waals surface area contributed by atoms with Crippen LogP contribution in [-0.4, -0.2) is 33.6 Å². The Labute approximate surface area is 208 Å². The van der Waals surface area contributed by atoms with Crippen LogP contribution < -0.4 is 16.0 Å². The van der Waals surface area contributed by atoms with Crippen molar-refractivity contribution in [3.05, 3.63) is 88.6 Å². The van der Waals surface area contributed by atoms with Crippen molar-refractivity contribution in [3.63, 3.8) is 0 Å². The summed E-state index contributed by atoms with van der Waals surface area (Å²) in [7, 11) is -0.924. The molecule has 35 heavy (non-hydrogen) atoms. The topological polar surface area (TPSA) is 87.3 Å². The quantitative estimate of drug-likeness (QED) is 0.335. The van der Waals surface area contributed by atoms with Gasteiger partial charge in [0.15, 0.2) is 0 Å². The Morgan fingerprint density at radius 1 is 1.00 bits per heavy atom. The number of carbonyl (C=O) groups excluding carboxylic acids is 2. The fraction of sp³-hybridized carbons (Fsp3) is 0.154. The molecule has 0 radical (unpaired) electrons.